The summed E-state index contributed by atoms with van der Waals surface area (Å²) >= 11 is 7.05. The van der Waals surface area contributed by atoms with Gasteiger partial charge in [0.05, 0.1) is 10.7 Å². The highest BCUT2D eigenvalue weighted by molar-refractivity contribution is 7.99. The lowest BCUT2D eigenvalue weighted by Crippen LogP contribution is -2.21. The van der Waals surface area contributed by atoms with Gasteiger partial charge in [0.25, 0.3) is 11.1 Å². The third kappa shape index (κ3) is 4.74. The van der Waals surface area contributed by atoms with E-state index in [0.29, 0.717) is 21.5 Å². The monoisotopic (exact) mass is 376 g/mol. The van der Waals surface area contributed by atoms with Crippen LogP contribution < -0.4 is 5.32 Å². The number of fused-ring (bicyclic) bond motifs is 1. The summed E-state index contributed by atoms with van der Waals surface area (Å²) in [6.07, 6.45) is 0. The van der Waals surface area contributed by atoms with Crippen molar-refractivity contribution in [1.82, 2.24) is 4.98 Å². The number of benzene rings is 2. The van der Waals surface area contributed by atoms with E-state index in [-0.39, 0.29) is 5.75 Å². The molecule has 6 nitrogen and oxygen atoms in total. The van der Waals surface area contributed by atoms with Crippen molar-refractivity contribution in [3.05, 3.63) is 53.6 Å². The number of halogens is 1. The molecule has 8 heteroatoms. The summed E-state index contributed by atoms with van der Waals surface area (Å²) in [5, 5.41) is 3.36. The first-order valence-electron chi connectivity index (χ1n) is 7.30. The lowest BCUT2D eigenvalue weighted by molar-refractivity contribution is -0.144. The number of carbonyl (C=O) groups is 2. The zero-order valence-electron chi connectivity index (χ0n) is 12.9. The minimum absolute atomic E-state index is 0.00774. The third-order valence-electron chi connectivity index (χ3n) is 3.10. The Kier molecular flexibility index (Phi) is 5.57. The molecule has 0 unspecified atom stereocenters. The molecule has 1 aromatic heterocycles. The van der Waals surface area contributed by atoms with Gasteiger partial charge in [0.2, 0.25) is 0 Å². The van der Waals surface area contributed by atoms with E-state index in [1.165, 1.54) is 0 Å². The van der Waals surface area contributed by atoms with E-state index in [9.17, 15) is 9.59 Å². The van der Waals surface area contributed by atoms with E-state index in [1.807, 2.05) is 18.2 Å². The first-order valence-corrected chi connectivity index (χ1v) is 8.66. The Morgan fingerprint density at radius 3 is 2.72 bits per heavy atom. The van der Waals surface area contributed by atoms with Gasteiger partial charge >= 0.3 is 5.97 Å². The molecule has 0 saturated carbocycles. The van der Waals surface area contributed by atoms with Crippen molar-refractivity contribution < 1.29 is 18.7 Å². The summed E-state index contributed by atoms with van der Waals surface area (Å²) in [5.41, 5.74) is 1.83. The minimum Gasteiger partial charge on any atom is -0.455 e. The summed E-state index contributed by atoms with van der Waals surface area (Å²) in [5.74, 6) is -1.01. The molecule has 2 aromatic carbocycles. The number of oxazole rings is 1. The number of esters is 1. The number of para-hydroxylation sites is 3. The van der Waals surface area contributed by atoms with E-state index in [0.717, 1.165) is 17.3 Å². The van der Waals surface area contributed by atoms with Crippen LogP contribution in [0.3, 0.4) is 0 Å². The molecule has 3 rings (SSSR count). The highest BCUT2D eigenvalue weighted by Crippen LogP contribution is 2.23. The summed E-state index contributed by atoms with van der Waals surface area (Å²) < 4.78 is 10.4. The molecule has 3 aromatic rings. The number of hydrogen-bond acceptors (Lipinski definition) is 6. The van der Waals surface area contributed by atoms with Crippen molar-refractivity contribution in [2.24, 2.45) is 0 Å². The van der Waals surface area contributed by atoms with Gasteiger partial charge in [-0.2, -0.15) is 0 Å². The van der Waals surface area contributed by atoms with Crippen LogP contribution in [0.1, 0.15) is 0 Å². The number of amides is 1. The minimum atomic E-state index is -0.540. The zero-order chi connectivity index (χ0) is 17.6. The molecule has 1 heterocycles. The Morgan fingerprint density at radius 2 is 1.92 bits per heavy atom. The fraction of sp³-hybridized carbons (Fsp3) is 0.118. The van der Waals surface area contributed by atoms with Crippen molar-refractivity contribution in [1.29, 1.82) is 0 Å². The molecule has 0 fully saturated rings. The summed E-state index contributed by atoms with van der Waals surface area (Å²) in [6.45, 7) is -0.391. The van der Waals surface area contributed by atoms with Crippen LogP contribution in [0.2, 0.25) is 5.02 Å². The molecule has 0 bridgehead atoms. The van der Waals surface area contributed by atoms with Crippen LogP contribution in [0.4, 0.5) is 5.69 Å². The van der Waals surface area contributed by atoms with Crippen molar-refractivity contribution in [3.63, 3.8) is 0 Å². The number of rotatable bonds is 6. The normalized spacial score (nSPS) is 10.6. The summed E-state index contributed by atoms with van der Waals surface area (Å²) in [6, 6.07) is 14.1. The van der Waals surface area contributed by atoms with E-state index in [4.69, 9.17) is 20.8 Å². The van der Waals surface area contributed by atoms with E-state index < -0.39 is 18.5 Å². The van der Waals surface area contributed by atoms with Crippen LogP contribution in [0.25, 0.3) is 11.1 Å². The smallest absolute Gasteiger partial charge is 0.316 e. The maximum absolute atomic E-state index is 11.8. The third-order valence-corrected chi connectivity index (χ3v) is 4.23. The number of nitrogens with zero attached hydrogens (tertiary/aromatic N) is 1. The Bertz CT molecular complexity index is 879. The number of hydrogen-bond donors (Lipinski definition) is 1. The van der Waals surface area contributed by atoms with E-state index in [2.05, 4.69) is 10.3 Å². The van der Waals surface area contributed by atoms with Gasteiger partial charge in [-0.1, -0.05) is 47.6 Å². The number of anilines is 1. The van der Waals surface area contributed by atoms with Crippen LogP contribution in [-0.4, -0.2) is 29.2 Å². The van der Waals surface area contributed by atoms with Crippen molar-refractivity contribution >= 4 is 52.0 Å². The molecular weight excluding hydrogens is 364 g/mol. The van der Waals surface area contributed by atoms with E-state index in [1.54, 1.807) is 30.3 Å². The van der Waals surface area contributed by atoms with E-state index >= 15 is 0 Å². The second-order valence-corrected chi connectivity index (χ2v) is 6.26. The van der Waals surface area contributed by atoms with Crippen LogP contribution in [0.15, 0.2) is 58.2 Å². The average Bonchev–Trinajstić information content (AvgIpc) is 3.03. The van der Waals surface area contributed by atoms with Gasteiger partial charge in [0.15, 0.2) is 12.2 Å². The molecule has 0 radical (unpaired) electrons. The topological polar surface area (TPSA) is 81.4 Å². The number of thioether (sulfide) groups is 1. The molecule has 0 atom stereocenters. The van der Waals surface area contributed by atoms with Gasteiger partial charge in [0, 0.05) is 0 Å². The number of aromatic nitrogens is 1. The molecule has 0 spiro atoms. The average molecular weight is 377 g/mol. The van der Waals surface area contributed by atoms with Gasteiger partial charge in [-0.25, -0.2) is 4.98 Å². The molecule has 0 aliphatic rings. The molecule has 0 saturated heterocycles. The van der Waals surface area contributed by atoms with Crippen LogP contribution in [0, 0.1) is 0 Å². The van der Waals surface area contributed by atoms with Crippen LogP contribution in [0.5, 0.6) is 0 Å². The molecule has 128 valence electrons. The molecule has 0 aliphatic heterocycles. The standard InChI is InChI=1S/C17H13ClN2O4S/c18-11-5-1-2-6-12(11)19-15(21)9-23-16(22)10-25-17-20-13-7-3-4-8-14(13)24-17/h1-8H,9-10H2,(H,19,21). The van der Waals surface area contributed by atoms with Gasteiger partial charge in [-0.05, 0) is 24.3 Å². The van der Waals surface area contributed by atoms with Crippen molar-refractivity contribution in [2.75, 3.05) is 17.7 Å². The first kappa shape index (κ1) is 17.3. The van der Waals surface area contributed by atoms with Gasteiger partial charge in [-0.3, -0.25) is 9.59 Å². The molecular formula is C17H13ClN2O4S. The fourth-order valence-electron chi connectivity index (χ4n) is 1.97. The highest BCUT2D eigenvalue weighted by Gasteiger charge is 2.12. The van der Waals surface area contributed by atoms with Crippen molar-refractivity contribution in [2.45, 2.75) is 5.22 Å². The van der Waals surface area contributed by atoms with Gasteiger partial charge in [0.1, 0.15) is 11.3 Å². The second kappa shape index (κ2) is 8.04. The predicted octanol–water partition coefficient (Wildman–Crippen LogP) is 3.76. The number of ether oxygens (including phenoxy) is 1. The maximum atomic E-state index is 11.8. The first-order chi connectivity index (χ1) is 12.1. The molecule has 1 amide bonds. The second-order valence-electron chi connectivity index (χ2n) is 4.92. The molecule has 25 heavy (non-hydrogen) atoms. The Labute approximate surface area is 152 Å². The molecule has 0 aliphatic carbocycles. The number of carbonyl (C=O) groups excluding carboxylic acids is 2. The lowest BCUT2D eigenvalue weighted by Gasteiger charge is -2.07. The largest absolute Gasteiger partial charge is 0.455 e. The fourth-order valence-corrected chi connectivity index (χ4v) is 2.79. The Morgan fingerprint density at radius 1 is 1.16 bits per heavy atom. The summed E-state index contributed by atoms with van der Waals surface area (Å²) in [7, 11) is 0. The lowest BCUT2D eigenvalue weighted by atomic mass is 10.3. The Balaban J connectivity index is 1.44. The van der Waals surface area contributed by atoms with Crippen molar-refractivity contribution in [3.8, 4) is 0 Å². The highest BCUT2D eigenvalue weighted by atomic mass is 35.5. The number of nitrogens with one attached hydrogen (secondary N) is 1. The van der Waals surface area contributed by atoms with Gasteiger partial charge in [-0.15, -0.1) is 0 Å². The SMILES string of the molecule is O=C(COC(=O)CSc1nc2ccccc2o1)Nc1ccccc1Cl. The zero-order valence-corrected chi connectivity index (χ0v) is 14.5. The van der Waals surface area contributed by atoms with Crippen LogP contribution in [-0.2, 0) is 14.3 Å². The predicted molar refractivity (Wildman–Crippen MR) is 95.8 cm³/mol. The van der Waals surface area contributed by atoms with Gasteiger partial charge < -0.3 is 14.5 Å². The van der Waals surface area contributed by atoms with Crippen LogP contribution >= 0.6 is 23.4 Å². The Hall–Kier alpha value is -2.51. The maximum Gasteiger partial charge on any atom is 0.316 e. The molecule has 1 N–H and O–H groups in total. The summed E-state index contributed by atoms with van der Waals surface area (Å²) in [4.78, 5) is 27.8. The quantitative estimate of drug-likeness (QED) is 0.521.